The third kappa shape index (κ3) is 2.80. The summed E-state index contributed by atoms with van der Waals surface area (Å²) in [6.07, 6.45) is 4.18. The van der Waals surface area contributed by atoms with Gasteiger partial charge in [-0.3, -0.25) is 0 Å². The minimum Gasteiger partial charge on any atom is -0.500 e. The van der Waals surface area contributed by atoms with Crippen molar-refractivity contribution in [2.24, 2.45) is 0 Å². The van der Waals surface area contributed by atoms with Crippen LogP contribution in [0.4, 0.5) is 0 Å². The van der Waals surface area contributed by atoms with Crippen LogP contribution in [0.25, 0.3) is 6.08 Å². The van der Waals surface area contributed by atoms with Crippen LogP contribution >= 0.6 is 0 Å². The van der Waals surface area contributed by atoms with Gasteiger partial charge in [-0.05, 0) is 18.6 Å². The van der Waals surface area contributed by atoms with Crippen molar-refractivity contribution in [2.45, 2.75) is 19.4 Å². The zero-order chi connectivity index (χ0) is 13.0. The molecular formula is C15H16O3. The molecule has 1 heterocycles. The highest BCUT2D eigenvalue weighted by Crippen LogP contribution is 2.23. The van der Waals surface area contributed by atoms with E-state index in [9.17, 15) is 4.79 Å². The maximum atomic E-state index is 11.6. The second kappa shape index (κ2) is 5.54. The molecule has 1 aliphatic heterocycles. The molecule has 1 aromatic carbocycles. The third-order valence-corrected chi connectivity index (χ3v) is 2.92. The van der Waals surface area contributed by atoms with Crippen molar-refractivity contribution in [3.63, 3.8) is 0 Å². The molecule has 94 valence electrons. The van der Waals surface area contributed by atoms with Gasteiger partial charge in [0, 0.05) is 6.42 Å². The number of methoxy groups -OCH3 is 1. The molecule has 18 heavy (non-hydrogen) atoms. The lowest BCUT2D eigenvalue weighted by Crippen LogP contribution is -2.24. The zero-order valence-corrected chi connectivity index (χ0v) is 10.6. The van der Waals surface area contributed by atoms with E-state index in [-0.39, 0.29) is 12.1 Å². The number of hydrogen-bond donors (Lipinski definition) is 0. The van der Waals surface area contributed by atoms with E-state index >= 15 is 0 Å². The van der Waals surface area contributed by atoms with Gasteiger partial charge in [-0.15, -0.1) is 0 Å². The van der Waals surface area contributed by atoms with Crippen LogP contribution in [0.5, 0.6) is 0 Å². The van der Waals surface area contributed by atoms with Crippen molar-refractivity contribution in [1.82, 2.24) is 0 Å². The van der Waals surface area contributed by atoms with Gasteiger partial charge in [-0.25, -0.2) is 4.79 Å². The molecule has 1 aromatic rings. The standard InChI is InChI=1S/C15H16O3/c1-11-14(17-2)10-13(18-15(11)16)9-8-12-6-4-3-5-7-12/h3-9,13H,10H2,1-2H3/b9-8+. The molecule has 3 nitrogen and oxygen atoms in total. The molecule has 1 unspecified atom stereocenters. The van der Waals surface area contributed by atoms with Gasteiger partial charge in [0.1, 0.15) is 11.9 Å². The molecule has 0 saturated heterocycles. The van der Waals surface area contributed by atoms with Crippen molar-refractivity contribution in [3.05, 3.63) is 53.3 Å². The number of hydrogen-bond acceptors (Lipinski definition) is 3. The van der Waals surface area contributed by atoms with Gasteiger partial charge in [-0.1, -0.05) is 36.4 Å². The largest absolute Gasteiger partial charge is 0.500 e. The molecule has 0 aromatic heterocycles. The van der Waals surface area contributed by atoms with Crippen molar-refractivity contribution in [3.8, 4) is 0 Å². The predicted molar refractivity (Wildman–Crippen MR) is 69.7 cm³/mol. The van der Waals surface area contributed by atoms with Crippen LogP contribution in [0.1, 0.15) is 18.9 Å². The van der Waals surface area contributed by atoms with E-state index < -0.39 is 0 Å². The maximum absolute atomic E-state index is 11.6. The average Bonchev–Trinajstić information content (AvgIpc) is 2.41. The fourth-order valence-electron chi connectivity index (χ4n) is 1.84. The van der Waals surface area contributed by atoms with Gasteiger partial charge in [0.15, 0.2) is 0 Å². The summed E-state index contributed by atoms with van der Waals surface area (Å²) in [6, 6.07) is 9.90. The molecular weight excluding hydrogens is 228 g/mol. The van der Waals surface area contributed by atoms with Gasteiger partial charge >= 0.3 is 5.97 Å². The van der Waals surface area contributed by atoms with E-state index in [1.54, 1.807) is 14.0 Å². The predicted octanol–water partition coefficient (Wildman–Crippen LogP) is 2.94. The number of carbonyl (C=O) groups is 1. The van der Waals surface area contributed by atoms with E-state index in [2.05, 4.69) is 0 Å². The number of carbonyl (C=O) groups excluding carboxylic acids is 1. The summed E-state index contributed by atoms with van der Waals surface area (Å²) in [5.41, 5.74) is 1.64. The summed E-state index contributed by atoms with van der Waals surface area (Å²) in [6.45, 7) is 1.72. The van der Waals surface area contributed by atoms with E-state index in [1.165, 1.54) is 0 Å². The van der Waals surface area contributed by atoms with Crippen molar-refractivity contribution < 1.29 is 14.3 Å². The summed E-state index contributed by atoms with van der Waals surface area (Å²) in [7, 11) is 1.58. The highest BCUT2D eigenvalue weighted by molar-refractivity contribution is 5.89. The molecule has 0 bridgehead atoms. The van der Waals surface area contributed by atoms with E-state index in [0.717, 1.165) is 5.56 Å². The number of cyclic esters (lactones) is 1. The Morgan fingerprint density at radius 3 is 2.72 bits per heavy atom. The van der Waals surface area contributed by atoms with Gasteiger partial charge in [0.25, 0.3) is 0 Å². The summed E-state index contributed by atoms with van der Waals surface area (Å²) in [4.78, 5) is 11.6. The van der Waals surface area contributed by atoms with Crippen LogP contribution in [0.15, 0.2) is 47.7 Å². The van der Waals surface area contributed by atoms with Crippen LogP contribution < -0.4 is 0 Å². The van der Waals surface area contributed by atoms with Crippen LogP contribution in [0.2, 0.25) is 0 Å². The monoisotopic (exact) mass is 244 g/mol. The summed E-state index contributed by atoms with van der Waals surface area (Å²) >= 11 is 0. The zero-order valence-electron chi connectivity index (χ0n) is 10.6. The maximum Gasteiger partial charge on any atom is 0.337 e. The summed E-state index contributed by atoms with van der Waals surface area (Å²) in [5.74, 6) is 0.398. The molecule has 2 rings (SSSR count). The van der Waals surface area contributed by atoms with Gasteiger partial charge in [0.05, 0.1) is 12.7 Å². The minimum atomic E-state index is -0.305. The molecule has 0 radical (unpaired) electrons. The first-order chi connectivity index (χ1) is 8.70. The van der Waals surface area contributed by atoms with E-state index in [4.69, 9.17) is 9.47 Å². The summed E-state index contributed by atoms with van der Waals surface area (Å²) in [5, 5.41) is 0. The number of rotatable bonds is 3. The Balaban J connectivity index is 2.09. The Morgan fingerprint density at radius 2 is 2.06 bits per heavy atom. The lowest BCUT2D eigenvalue weighted by Gasteiger charge is -2.22. The van der Waals surface area contributed by atoms with Crippen molar-refractivity contribution in [1.29, 1.82) is 0 Å². The number of ether oxygens (including phenoxy) is 2. The highest BCUT2D eigenvalue weighted by atomic mass is 16.6. The van der Waals surface area contributed by atoms with Gasteiger partial charge in [0.2, 0.25) is 0 Å². The van der Waals surface area contributed by atoms with Crippen LogP contribution in [0.3, 0.4) is 0 Å². The number of benzene rings is 1. The molecule has 0 fully saturated rings. The van der Waals surface area contributed by atoms with Crippen molar-refractivity contribution >= 4 is 12.0 Å². The lowest BCUT2D eigenvalue weighted by molar-refractivity contribution is -0.144. The normalized spacial score (nSPS) is 20.1. The van der Waals surface area contributed by atoms with Gasteiger partial charge < -0.3 is 9.47 Å². The highest BCUT2D eigenvalue weighted by Gasteiger charge is 2.25. The third-order valence-electron chi connectivity index (χ3n) is 2.92. The molecule has 1 atom stereocenters. The van der Waals surface area contributed by atoms with Crippen molar-refractivity contribution in [2.75, 3.05) is 7.11 Å². The smallest absolute Gasteiger partial charge is 0.337 e. The molecule has 3 heteroatoms. The fraction of sp³-hybridized carbons (Fsp3) is 0.267. The van der Waals surface area contributed by atoms with Gasteiger partial charge in [-0.2, -0.15) is 0 Å². The Labute approximate surface area is 107 Å². The summed E-state index contributed by atoms with van der Waals surface area (Å²) < 4.78 is 10.5. The second-order valence-electron chi connectivity index (χ2n) is 4.17. The molecule has 1 aliphatic rings. The molecule has 0 aliphatic carbocycles. The number of esters is 1. The SMILES string of the molecule is COC1=C(C)C(=O)OC(/C=C/c2ccccc2)C1. The average molecular weight is 244 g/mol. The molecule has 0 saturated carbocycles. The second-order valence-corrected chi connectivity index (χ2v) is 4.17. The molecule has 0 spiro atoms. The topological polar surface area (TPSA) is 35.5 Å². The Kier molecular flexibility index (Phi) is 3.82. The Hall–Kier alpha value is -2.03. The first-order valence-corrected chi connectivity index (χ1v) is 5.88. The minimum absolute atomic E-state index is 0.253. The Morgan fingerprint density at radius 1 is 1.33 bits per heavy atom. The molecule has 0 amide bonds. The van der Waals surface area contributed by atoms with E-state index in [1.807, 2.05) is 42.5 Å². The van der Waals surface area contributed by atoms with Crippen LogP contribution in [-0.2, 0) is 14.3 Å². The first kappa shape index (κ1) is 12.4. The van der Waals surface area contributed by atoms with Crippen LogP contribution in [-0.4, -0.2) is 19.2 Å². The quantitative estimate of drug-likeness (QED) is 0.767. The fourth-order valence-corrected chi connectivity index (χ4v) is 1.84. The van der Waals surface area contributed by atoms with Crippen LogP contribution in [0, 0.1) is 0 Å². The molecule has 0 N–H and O–H groups in total. The first-order valence-electron chi connectivity index (χ1n) is 5.88. The Bertz CT molecular complexity index is 486. The van der Waals surface area contributed by atoms with E-state index in [0.29, 0.717) is 17.8 Å². The lowest BCUT2D eigenvalue weighted by atomic mass is 10.1.